The molecule has 40 heavy (non-hydrogen) atoms. The average Bonchev–Trinajstić information content (AvgIpc) is 3.36. The lowest BCUT2D eigenvalue weighted by Gasteiger charge is -2.34. The van der Waals surface area contributed by atoms with Gasteiger partial charge in [0.05, 0.1) is 34.5 Å². The van der Waals surface area contributed by atoms with Gasteiger partial charge in [0, 0.05) is 37.5 Å². The molecule has 13 heteroatoms. The van der Waals surface area contributed by atoms with Crippen LogP contribution in [0, 0.1) is 11.3 Å². The number of rotatable bonds is 5. The molecule has 0 aliphatic carbocycles. The number of pyridine rings is 3. The Balaban J connectivity index is 0.000000568. The van der Waals surface area contributed by atoms with E-state index in [0.717, 1.165) is 60.5 Å². The molecule has 3 aliphatic heterocycles. The van der Waals surface area contributed by atoms with Crippen molar-refractivity contribution in [1.82, 2.24) is 24.8 Å². The highest BCUT2D eigenvalue weighted by Crippen LogP contribution is 2.33. The smallest absolute Gasteiger partial charge is 0.290 e. The minimum atomic E-state index is -0.250. The van der Waals surface area contributed by atoms with Crippen LogP contribution in [0.4, 0.5) is 0 Å². The lowest BCUT2D eigenvalue weighted by atomic mass is 10.0. The maximum absolute atomic E-state index is 12.7. The Morgan fingerprint density at radius 1 is 1.07 bits per heavy atom. The molecule has 3 aromatic rings. The van der Waals surface area contributed by atoms with Crippen molar-refractivity contribution in [3.8, 4) is 17.6 Å². The molecular formula is C27H30N6O7. The van der Waals surface area contributed by atoms with Crippen LogP contribution < -0.4 is 20.3 Å². The molecule has 3 N–H and O–H groups in total. The Morgan fingerprint density at radius 2 is 1.77 bits per heavy atom. The Morgan fingerprint density at radius 3 is 2.48 bits per heavy atom. The van der Waals surface area contributed by atoms with Crippen molar-refractivity contribution in [1.29, 1.82) is 5.26 Å². The van der Waals surface area contributed by atoms with E-state index in [1.165, 1.54) is 0 Å². The van der Waals surface area contributed by atoms with Crippen molar-refractivity contribution in [3.63, 3.8) is 0 Å². The number of carbonyl (C=O) groups is 2. The van der Waals surface area contributed by atoms with Crippen molar-refractivity contribution in [2.24, 2.45) is 0 Å². The minimum Gasteiger partial charge on any atom is -0.486 e. The van der Waals surface area contributed by atoms with Gasteiger partial charge in [0.2, 0.25) is 0 Å². The van der Waals surface area contributed by atoms with Crippen LogP contribution in [-0.4, -0.2) is 81.5 Å². The zero-order valence-electron chi connectivity index (χ0n) is 21.7. The molecule has 0 radical (unpaired) electrons. The number of nitrogens with one attached hydrogen (secondary N) is 1. The first kappa shape index (κ1) is 28.5. The molecule has 0 bridgehead atoms. The molecule has 0 spiro atoms. The third-order valence-corrected chi connectivity index (χ3v) is 7.09. The summed E-state index contributed by atoms with van der Waals surface area (Å²) < 4.78 is 13.1. The number of fused-ring (bicyclic) bond motifs is 1. The van der Waals surface area contributed by atoms with Crippen LogP contribution in [0.25, 0.3) is 11.0 Å². The van der Waals surface area contributed by atoms with Crippen molar-refractivity contribution < 1.29 is 29.3 Å². The molecule has 1 fully saturated rings. The second-order valence-corrected chi connectivity index (χ2v) is 9.38. The van der Waals surface area contributed by atoms with Gasteiger partial charge in [0.1, 0.15) is 19.3 Å². The standard InChI is InChI=1S/C25H26N6O3.2CH2O2/c26-11-16-12-29-21-1-2-24(32)31-19(10-20(16)25(21)31)15-30-5-3-17(4-6-30)27-13-18-9-22-23(14-28-18)34-8-7-33-22;2*2-1-3/h1-2,9,12,14,17,19,27H,3-8,10,13,15H2;2*1H,(H,2,3). The predicted octanol–water partition coefficient (Wildman–Crippen LogP) is 1.19. The molecule has 1 unspecified atom stereocenters. The zero-order chi connectivity index (χ0) is 28.5. The van der Waals surface area contributed by atoms with Gasteiger partial charge in [-0.25, -0.2) is 0 Å². The van der Waals surface area contributed by atoms with E-state index in [2.05, 4.69) is 26.3 Å². The molecule has 0 amide bonds. The van der Waals surface area contributed by atoms with Crippen molar-refractivity contribution in [2.75, 3.05) is 32.8 Å². The van der Waals surface area contributed by atoms with Crippen molar-refractivity contribution in [3.05, 3.63) is 57.8 Å². The number of piperidine rings is 1. The molecule has 3 aromatic heterocycles. The number of hydrogen-bond acceptors (Lipinski definition) is 10. The number of ether oxygens (including phenoxy) is 2. The highest BCUT2D eigenvalue weighted by Gasteiger charge is 2.30. The molecule has 3 aliphatic rings. The molecule has 6 rings (SSSR count). The molecule has 1 atom stereocenters. The third-order valence-electron chi connectivity index (χ3n) is 7.09. The topological polar surface area (TPSA) is 180 Å². The molecular weight excluding hydrogens is 520 g/mol. The van der Waals surface area contributed by atoms with Crippen LogP contribution in [0.5, 0.6) is 11.5 Å². The summed E-state index contributed by atoms with van der Waals surface area (Å²) in [5.41, 5.74) is 4.08. The Kier molecular flexibility index (Phi) is 9.61. The largest absolute Gasteiger partial charge is 0.486 e. The van der Waals surface area contributed by atoms with Crippen LogP contribution in [0.1, 0.15) is 35.7 Å². The number of nitrogens with zero attached hydrogens (tertiary/aromatic N) is 5. The number of likely N-dealkylation sites (tertiary alicyclic amines) is 1. The molecule has 13 nitrogen and oxygen atoms in total. The number of hydrogen-bond donors (Lipinski definition) is 3. The predicted molar refractivity (Wildman–Crippen MR) is 142 cm³/mol. The van der Waals surface area contributed by atoms with Crippen molar-refractivity contribution in [2.45, 2.75) is 37.9 Å². The second-order valence-electron chi connectivity index (χ2n) is 9.38. The first-order valence-corrected chi connectivity index (χ1v) is 12.8. The average molecular weight is 551 g/mol. The van der Waals surface area contributed by atoms with Crippen LogP contribution in [0.3, 0.4) is 0 Å². The van der Waals surface area contributed by atoms with Gasteiger partial charge in [0.25, 0.3) is 18.5 Å². The maximum atomic E-state index is 12.7. The van der Waals surface area contributed by atoms with E-state index in [-0.39, 0.29) is 24.5 Å². The molecule has 210 valence electrons. The Hall–Kier alpha value is -4.54. The van der Waals surface area contributed by atoms with Crippen LogP contribution in [0.2, 0.25) is 0 Å². The van der Waals surface area contributed by atoms with E-state index in [0.29, 0.717) is 43.5 Å². The summed E-state index contributed by atoms with van der Waals surface area (Å²) in [6.45, 7) is 4.07. The SMILES string of the molecule is N#Cc1cnc2ccc(=O)n3c2c1CC3CN1CCC(NCc2cc3c(cn2)OCCO3)CC1.O=CO.O=CO. The fraction of sp³-hybridized carbons (Fsp3) is 0.407. The van der Waals surface area contributed by atoms with E-state index < -0.39 is 0 Å². The van der Waals surface area contributed by atoms with Crippen LogP contribution in [0.15, 0.2) is 35.4 Å². The third kappa shape index (κ3) is 6.36. The van der Waals surface area contributed by atoms with E-state index >= 15 is 0 Å². The van der Waals surface area contributed by atoms with Gasteiger partial charge in [-0.2, -0.15) is 5.26 Å². The quantitative estimate of drug-likeness (QED) is 0.387. The summed E-state index contributed by atoms with van der Waals surface area (Å²) in [6.07, 6.45) is 6.14. The van der Waals surface area contributed by atoms with Gasteiger partial charge in [-0.05, 0) is 44.0 Å². The lowest BCUT2D eigenvalue weighted by Crippen LogP contribution is -2.44. The summed E-state index contributed by atoms with van der Waals surface area (Å²) in [7, 11) is 0. The van der Waals surface area contributed by atoms with Gasteiger partial charge >= 0.3 is 0 Å². The Labute approximate surface area is 229 Å². The van der Waals surface area contributed by atoms with Gasteiger partial charge in [-0.3, -0.25) is 24.4 Å². The van der Waals surface area contributed by atoms with Crippen LogP contribution >= 0.6 is 0 Å². The lowest BCUT2D eigenvalue weighted by molar-refractivity contribution is -0.123. The Bertz CT molecular complexity index is 1440. The number of aromatic nitrogens is 3. The first-order valence-electron chi connectivity index (χ1n) is 12.8. The summed E-state index contributed by atoms with van der Waals surface area (Å²) in [5, 5.41) is 26.9. The molecule has 0 saturated carbocycles. The van der Waals surface area contributed by atoms with E-state index in [4.69, 9.17) is 29.3 Å². The monoisotopic (exact) mass is 550 g/mol. The summed E-state index contributed by atoms with van der Waals surface area (Å²) in [6, 6.07) is 8.01. The van der Waals surface area contributed by atoms with Gasteiger partial charge in [0.15, 0.2) is 11.5 Å². The van der Waals surface area contributed by atoms with Gasteiger partial charge in [-0.1, -0.05) is 0 Å². The van der Waals surface area contributed by atoms with Gasteiger partial charge in [-0.15, -0.1) is 0 Å². The first-order chi connectivity index (χ1) is 19.5. The fourth-order valence-corrected chi connectivity index (χ4v) is 5.38. The summed E-state index contributed by atoms with van der Waals surface area (Å²) in [5.74, 6) is 1.48. The molecule has 0 aromatic carbocycles. The summed E-state index contributed by atoms with van der Waals surface area (Å²) >= 11 is 0. The van der Waals surface area contributed by atoms with E-state index in [1.54, 1.807) is 24.5 Å². The normalized spacial score (nSPS) is 17.5. The summed E-state index contributed by atoms with van der Waals surface area (Å²) in [4.78, 5) is 40.7. The molecule has 1 saturated heterocycles. The highest BCUT2D eigenvalue weighted by molar-refractivity contribution is 5.82. The van der Waals surface area contributed by atoms with Crippen molar-refractivity contribution >= 4 is 24.0 Å². The highest BCUT2D eigenvalue weighted by atomic mass is 16.6. The fourth-order valence-electron chi connectivity index (χ4n) is 5.38. The molecule has 6 heterocycles. The second kappa shape index (κ2) is 13.5. The van der Waals surface area contributed by atoms with E-state index in [9.17, 15) is 10.1 Å². The number of nitriles is 1. The zero-order valence-corrected chi connectivity index (χ0v) is 21.7. The minimum absolute atomic E-state index is 0.0170. The van der Waals surface area contributed by atoms with E-state index in [1.807, 2.05) is 10.6 Å². The van der Waals surface area contributed by atoms with Gasteiger partial charge < -0.3 is 34.5 Å². The number of carboxylic acid groups (broad SMARTS) is 2. The van der Waals surface area contributed by atoms with Crippen LogP contribution in [-0.2, 0) is 22.6 Å². The maximum Gasteiger partial charge on any atom is 0.290 e.